The number of rotatable bonds is 3. The molecule has 3 fully saturated rings. The van der Waals surface area contributed by atoms with Crippen LogP contribution in [0.2, 0.25) is 0 Å². The van der Waals surface area contributed by atoms with E-state index in [1.807, 2.05) is 17.5 Å². The molecule has 0 bridgehead atoms. The lowest BCUT2D eigenvalue weighted by atomic mass is 10.1. The Bertz CT molecular complexity index is 780. The number of carbonyl (C=O) groups is 4. The Morgan fingerprint density at radius 1 is 1.37 bits per heavy atom. The fourth-order valence-corrected chi connectivity index (χ4v) is 5.06. The van der Waals surface area contributed by atoms with Gasteiger partial charge in [0.15, 0.2) is 0 Å². The molecule has 4 atom stereocenters. The second kappa shape index (κ2) is 6.95. The molecule has 4 heterocycles. The van der Waals surface area contributed by atoms with Gasteiger partial charge in [-0.25, -0.2) is 0 Å². The summed E-state index contributed by atoms with van der Waals surface area (Å²) in [4.78, 5) is 54.1. The zero-order valence-corrected chi connectivity index (χ0v) is 15.8. The highest BCUT2D eigenvalue weighted by Gasteiger charge is 2.52. The summed E-state index contributed by atoms with van der Waals surface area (Å²) >= 11 is 1.51. The maximum absolute atomic E-state index is 13.2. The molecule has 0 aliphatic carbocycles. The lowest BCUT2D eigenvalue weighted by molar-refractivity contribution is -0.144. The van der Waals surface area contributed by atoms with Gasteiger partial charge in [0.1, 0.15) is 12.1 Å². The normalized spacial score (nSPS) is 29.8. The largest absolute Gasteiger partial charge is 0.352 e. The molecule has 144 valence electrons. The predicted molar refractivity (Wildman–Crippen MR) is 97.8 cm³/mol. The molecule has 0 saturated carbocycles. The zero-order valence-electron chi connectivity index (χ0n) is 15.0. The molecule has 0 aromatic carbocycles. The first-order valence-corrected chi connectivity index (χ1v) is 10.0. The molecule has 4 amide bonds. The van der Waals surface area contributed by atoms with Crippen LogP contribution < -0.4 is 10.6 Å². The molecular formula is C18H22N4O4S. The van der Waals surface area contributed by atoms with Gasteiger partial charge in [0.05, 0.1) is 12.5 Å². The average molecular weight is 390 g/mol. The zero-order chi connectivity index (χ0) is 19.1. The summed E-state index contributed by atoms with van der Waals surface area (Å²) in [6.45, 7) is 2.18. The predicted octanol–water partition coefficient (Wildman–Crippen LogP) is -0.504. The van der Waals surface area contributed by atoms with Crippen LogP contribution >= 0.6 is 11.3 Å². The number of hydrogen-bond donors (Lipinski definition) is 2. The highest BCUT2D eigenvalue weighted by Crippen LogP contribution is 2.29. The van der Waals surface area contributed by atoms with Crippen LogP contribution in [0.1, 0.15) is 24.6 Å². The Morgan fingerprint density at radius 3 is 2.89 bits per heavy atom. The Kier molecular flexibility index (Phi) is 4.63. The summed E-state index contributed by atoms with van der Waals surface area (Å²) in [5.41, 5.74) is 0. The summed E-state index contributed by atoms with van der Waals surface area (Å²) in [5.74, 6) is -0.676. The van der Waals surface area contributed by atoms with Crippen LogP contribution in [0.3, 0.4) is 0 Å². The van der Waals surface area contributed by atoms with E-state index in [0.29, 0.717) is 25.9 Å². The first-order chi connectivity index (χ1) is 12.9. The third-order valence-electron chi connectivity index (χ3n) is 5.50. The molecule has 0 spiro atoms. The smallest absolute Gasteiger partial charge is 0.248 e. The second-order valence-electron chi connectivity index (χ2n) is 7.33. The molecule has 1 aromatic heterocycles. The lowest BCUT2D eigenvalue weighted by Crippen LogP contribution is -2.52. The van der Waals surface area contributed by atoms with E-state index in [4.69, 9.17) is 0 Å². The van der Waals surface area contributed by atoms with E-state index in [1.165, 1.54) is 23.2 Å². The molecule has 1 aromatic rings. The van der Waals surface area contributed by atoms with Crippen molar-refractivity contribution in [3.8, 4) is 0 Å². The van der Waals surface area contributed by atoms with Crippen molar-refractivity contribution >= 4 is 35.0 Å². The van der Waals surface area contributed by atoms with Gasteiger partial charge < -0.3 is 20.4 Å². The van der Waals surface area contributed by atoms with E-state index in [-0.39, 0.29) is 42.1 Å². The minimum absolute atomic E-state index is 0.0939. The molecule has 2 N–H and O–H groups in total. The molecule has 3 aliphatic heterocycles. The number of amides is 4. The third-order valence-corrected chi connectivity index (χ3v) is 6.38. The van der Waals surface area contributed by atoms with Gasteiger partial charge in [0.25, 0.3) is 0 Å². The van der Waals surface area contributed by atoms with Crippen LogP contribution in [-0.4, -0.2) is 70.7 Å². The topological polar surface area (TPSA) is 98.8 Å². The molecule has 27 heavy (non-hydrogen) atoms. The summed E-state index contributed by atoms with van der Waals surface area (Å²) in [7, 11) is 0. The van der Waals surface area contributed by atoms with Crippen molar-refractivity contribution in [2.45, 2.75) is 50.4 Å². The Morgan fingerprint density at radius 2 is 2.19 bits per heavy atom. The van der Waals surface area contributed by atoms with Crippen molar-refractivity contribution in [1.29, 1.82) is 0 Å². The number of nitrogens with zero attached hydrogens (tertiary/aromatic N) is 2. The van der Waals surface area contributed by atoms with Gasteiger partial charge in [-0.15, -0.1) is 11.3 Å². The lowest BCUT2D eigenvalue weighted by Gasteiger charge is -2.29. The SMILES string of the molecule is CC(=O)NC1CC2C(=O)NC3CCN(C(=O)Cc4cccs4)C3C(=O)N2C1. The van der Waals surface area contributed by atoms with E-state index < -0.39 is 12.1 Å². The van der Waals surface area contributed by atoms with Crippen molar-refractivity contribution in [2.24, 2.45) is 0 Å². The summed E-state index contributed by atoms with van der Waals surface area (Å²) in [5, 5.41) is 7.67. The second-order valence-corrected chi connectivity index (χ2v) is 8.36. The summed E-state index contributed by atoms with van der Waals surface area (Å²) in [6, 6.07) is 1.96. The quantitative estimate of drug-likeness (QED) is 0.727. The van der Waals surface area contributed by atoms with Gasteiger partial charge in [-0.1, -0.05) is 6.07 Å². The Labute approximate surface area is 160 Å². The molecular weight excluding hydrogens is 368 g/mol. The molecule has 4 rings (SSSR count). The first kappa shape index (κ1) is 18.0. The van der Waals surface area contributed by atoms with Crippen molar-refractivity contribution in [3.63, 3.8) is 0 Å². The number of hydrogen-bond acceptors (Lipinski definition) is 5. The standard InChI is InChI=1S/C18H22N4O4S/c1-10(23)19-11-7-14-17(25)20-13-4-5-21(16(13)18(26)22(14)9-11)15(24)8-12-3-2-6-27-12/h2-3,6,11,13-14,16H,4-5,7-9H2,1H3,(H,19,23)(H,20,25). The van der Waals surface area contributed by atoms with Gasteiger partial charge in [0.2, 0.25) is 23.6 Å². The summed E-state index contributed by atoms with van der Waals surface area (Å²) in [6.07, 6.45) is 1.24. The average Bonchev–Trinajstić information content (AvgIpc) is 3.32. The fraction of sp³-hybridized carbons (Fsp3) is 0.556. The van der Waals surface area contributed by atoms with E-state index in [1.54, 1.807) is 4.90 Å². The highest BCUT2D eigenvalue weighted by molar-refractivity contribution is 7.10. The first-order valence-electron chi connectivity index (χ1n) is 9.14. The van der Waals surface area contributed by atoms with Crippen LogP contribution in [0.5, 0.6) is 0 Å². The molecule has 3 saturated heterocycles. The van der Waals surface area contributed by atoms with E-state index >= 15 is 0 Å². The van der Waals surface area contributed by atoms with Crippen molar-refractivity contribution in [2.75, 3.05) is 13.1 Å². The number of likely N-dealkylation sites (tertiary alicyclic amines) is 1. The van der Waals surface area contributed by atoms with E-state index in [2.05, 4.69) is 10.6 Å². The molecule has 3 aliphatic rings. The number of thiophene rings is 1. The fourth-order valence-electron chi connectivity index (χ4n) is 4.36. The Hall–Kier alpha value is -2.42. The minimum Gasteiger partial charge on any atom is -0.352 e. The number of fused-ring (bicyclic) bond motifs is 2. The van der Waals surface area contributed by atoms with Gasteiger partial charge in [-0.2, -0.15) is 0 Å². The van der Waals surface area contributed by atoms with Gasteiger partial charge in [0, 0.05) is 30.9 Å². The molecule has 4 unspecified atom stereocenters. The number of carbonyl (C=O) groups excluding carboxylic acids is 4. The number of nitrogens with one attached hydrogen (secondary N) is 2. The maximum atomic E-state index is 13.2. The Balaban J connectivity index is 1.54. The van der Waals surface area contributed by atoms with Crippen molar-refractivity contribution in [3.05, 3.63) is 22.4 Å². The molecule has 8 nitrogen and oxygen atoms in total. The van der Waals surface area contributed by atoms with Gasteiger partial charge in [-0.05, 0) is 24.3 Å². The van der Waals surface area contributed by atoms with Gasteiger partial charge in [-0.3, -0.25) is 19.2 Å². The van der Waals surface area contributed by atoms with E-state index in [0.717, 1.165) is 4.88 Å². The maximum Gasteiger partial charge on any atom is 0.248 e. The van der Waals surface area contributed by atoms with Crippen LogP contribution in [0.4, 0.5) is 0 Å². The van der Waals surface area contributed by atoms with E-state index in [9.17, 15) is 19.2 Å². The highest BCUT2D eigenvalue weighted by atomic mass is 32.1. The third kappa shape index (κ3) is 3.31. The molecule has 0 radical (unpaired) electrons. The van der Waals surface area contributed by atoms with Crippen LogP contribution in [0, 0.1) is 0 Å². The molecule has 9 heteroatoms. The van der Waals surface area contributed by atoms with Crippen molar-refractivity contribution in [1.82, 2.24) is 20.4 Å². The summed E-state index contributed by atoms with van der Waals surface area (Å²) < 4.78 is 0. The monoisotopic (exact) mass is 390 g/mol. The van der Waals surface area contributed by atoms with Gasteiger partial charge >= 0.3 is 0 Å². The van der Waals surface area contributed by atoms with Crippen LogP contribution in [0.15, 0.2) is 17.5 Å². The van der Waals surface area contributed by atoms with Crippen molar-refractivity contribution < 1.29 is 19.2 Å². The minimum atomic E-state index is -0.664. The van der Waals surface area contributed by atoms with Crippen LogP contribution in [-0.2, 0) is 25.6 Å². The van der Waals surface area contributed by atoms with Crippen LogP contribution in [0.25, 0.3) is 0 Å².